The van der Waals surface area contributed by atoms with E-state index in [0.717, 1.165) is 11.3 Å². The number of anilines is 1. The molecule has 20 heavy (non-hydrogen) atoms. The predicted octanol–water partition coefficient (Wildman–Crippen LogP) is 1.65. The van der Waals surface area contributed by atoms with E-state index in [1.54, 1.807) is 6.20 Å². The fourth-order valence-electron chi connectivity index (χ4n) is 1.67. The summed E-state index contributed by atoms with van der Waals surface area (Å²) in [6.45, 7) is 2.28. The molecule has 2 rings (SSSR count). The van der Waals surface area contributed by atoms with Crippen LogP contribution < -0.4 is 16.6 Å². The van der Waals surface area contributed by atoms with Gasteiger partial charge in [0.1, 0.15) is 11.0 Å². The summed E-state index contributed by atoms with van der Waals surface area (Å²) in [5.41, 5.74) is 4.58. The SMILES string of the molecule is Cc1cccnc1CNC(=O)c1cc(Cl)nc(NN)c1. The minimum absolute atomic E-state index is 0.194. The Morgan fingerprint density at radius 1 is 1.45 bits per heavy atom. The molecule has 7 heteroatoms. The van der Waals surface area contributed by atoms with Gasteiger partial charge in [-0.2, -0.15) is 0 Å². The first-order valence-corrected chi connectivity index (χ1v) is 6.31. The zero-order chi connectivity index (χ0) is 14.5. The normalized spacial score (nSPS) is 10.2. The van der Waals surface area contributed by atoms with Gasteiger partial charge in [-0.05, 0) is 30.7 Å². The number of nitrogen functional groups attached to an aromatic ring is 1. The van der Waals surface area contributed by atoms with Gasteiger partial charge in [-0.1, -0.05) is 17.7 Å². The number of hydrogen-bond acceptors (Lipinski definition) is 5. The monoisotopic (exact) mass is 291 g/mol. The number of rotatable bonds is 4. The van der Waals surface area contributed by atoms with E-state index in [1.807, 2.05) is 19.1 Å². The van der Waals surface area contributed by atoms with Crippen LogP contribution in [0.4, 0.5) is 5.82 Å². The molecule has 2 aromatic heterocycles. The van der Waals surface area contributed by atoms with Gasteiger partial charge < -0.3 is 10.7 Å². The Bertz CT molecular complexity index is 632. The quantitative estimate of drug-likeness (QED) is 0.452. The molecule has 0 saturated heterocycles. The second-order valence-corrected chi connectivity index (χ2v) is 4.55. The van der Waals surface area contributed by atoms with Gasteiger partial charge in [-0.3, -0.25) is 9.78 Å². The molecule has 0 aliphatic heterocycles. The Morgan fingerprint density at radius 2 is 2.25 bits per heavy atom. The molecule has 0 saturated carbocycles. The average molecular weight is 292 g/mol. The van der Waals surface area contributed by atoms with Crippen LogP contribution in [0.1, 0.15) is 21.6 Å². The number of amides is 1. The van der Waals surface area contributed by atoms with E-state index < -0.39 is 0 Å². The van der Waals surface area contributed by atoms with Gasteiger partial charge in [0.2, 0.25) is 0 Å². The van der Waals surface area contributed by atoms with Crippen molar-refractivity contribution in [2.24, 2.45) is 5.84 Å². The summed E-state index contributed by atoms with van der Waals surface area (Å²) in [5, 5.41) is 2.97. The van der Waals surface area contributed by atoms with Crippen molar-refractivity contribution in [3.05, 3.63) is 52.4 Å². The van der Waals surface area contributed by atoms with Gasteiger partial charge in [0.25, 0.3) is 5.91 Å². The van der Waals surface area contributed by atoms with E-state index in [0.29, 0.717) is 17.9 Å². The Morgan fingerprint density at radius 3 is 2.95 bits per heavy atom. The Kier molecular flexibility index (Phi) is 4.49. The van der Waals surface area contributed by atoms with Crippen molar-refractivity contribution in [3.63, 3.8) is 0 Å². The molecule has 0 bridgehead atoms. The van der Waals surface area contributed by atoms with Crippen molar-refractivity contribution in [1.29, 1.82) is 0 Å². The number of pyridine rings is 2. The summed E-state index contributed by atoms with van der Waals surface area (Å²) < 4.78 is 0. The van der Waals surface area contributed by atoms with E-state index in [9.17, 15) is 4.79 Å². The smallest absolute Gasteiger partial charge is 0.251 e. The highest BCUT2D eigenvalue weighted by molar-refractivity contribution is 6.29. The Labute approximate surface area is 121 Å². The number of hydrazine groups is 1. The van der Waals surface area contributed by atoms with Crippen molar-refractivity contribution in [2.75, 3.05) is 5.43 Å². The van der Waals surface area contributed by atoms with Crippen LogP contribution in [-0.2, 0) is 6.54 Å². The molecule has 2 aromatic rings. The van der Waals surface area contributed by atoms with Crippen LogP contribution >= 0.6 is 11.6 Å². The first-order valence-electron chi connectivity index (χ1n) is 5.93. The number of aromatic nitrogens is 2. The molecule has 4 N–H and O–H groups in total. The molecule has 1 amide bonds. The third kappa shape index (κ3) is 3.43. The molecular weight excluding hydrogens is 278 g/mol. The van der Waals surface area contributed by atoms with Crippen molar-refractivity contribution >= 4 is 23.3 Å². The number of nitrogens with two attached hydrogens (primary N) is 1. The summed E-state index contributed by atoms with van der Waals surface area (Å²) in [7, 11) is 0. The lowest BCUT2D eigenvalue weighted by Gasteiger charge is -2.08. The molecule has 0 atom stereocenters. The van der Waals surface area contributed by atoms with E-state index in [1.165, 1.54) is 12.1 Å². The van der Waals surface area contributed by atoms with Gasteiger partial charge in [-0.15, -0.1) is 0 Å². The molecule has 0 radical (unpaired) electrons. The van der Waals surface area contributed by atoms with Gasteiger partial charge in [0, 0.05) is 11.8 Å². The lowest BCUT2D eigenvalue weighted by molar-refractivity contribution is 0.0950. The van der Waals surface area contributed by atoms with Gasteiger partial charge >= 0.3 is 0 Å². The summed E-state index contributed by atoms with van der Waals surface area (Å²) in [4.78, 5) is 20.2. The van der Waals surface area contributed by atoms with E-state index in [-0.39, 0.29) is 11.1 Å². The maximum atomic E-state index is 12.1. The zero-order valence-corrected chi connectivity index (χ0v) is 11.6. The summed E-state index contributed by atoms with van der Waals surface area (Å²) in [5.74, 6) is 5.32. The van der Waals surface area contributed by atoms with E-state index in [4.69, 9.17) is 17.4 Å². The largest absolute Gasteiger partial charge is 0.346 e. The van der Waals surface area contributed by atoms with Crippen molar-refractivity contribution in [1.82, 2.24) is 15.3 Å². The molecule has 0 fully saturated rings. The molecule has 0 unspecified atom stereocenters. The van der Waals surface area contributed by atoms with Crippen LogP contribution in [-0.4, -0.2) is 15.9 Å². The van der Waals surface area contributed by atoms with Gasteiger partial charge in [-0.25, -0.2) is 10.8 Å². The number of nitrogens with one attached hydrogen (secondary N) is 2. The molecular formula is C13H14ClN5O. The molecule has 0 aromatic carbocycles. The highest BCUT2D eigenvalue weighted by Gasteiger charge is 2.09. The fourth-order valence-corrected chi connectivity index (χ4v) is 1.88. The third-order valence-electron chi connectivity index (χ3n) is 2.74. The second-order valence-electron chi connectivity index (χ2n) is 4.16. The maximum Gasteiger partial charge on any atom is 0.251 e. The highest BCUT2D eigenvalue weighted by atomic mass is 35.5. The average Bonchev–Trinajstić information content (AvgIpc) is 2.45. The van der Waals surface area contributed by atoms with Crippen molar-refractivity contribution in [2.45, 2.75) is 13.5 Å². The minimum atomic E-state index is -0.268. The minimum Gasteiger partial charge on any atom is -0.346 e. The maximum absolute atomic E-state index is 12.1. The lowest BCUT2D eigenvalue weighted by atomic mass is 10.2. The van der Waals surface area contributed by atoms with Crippen LogP contribution in [0.15, 0.2) is 30.5 Å². The molecule has 0 aliphatic rings. The van der Waals surface area contributed by atoms with Crippen LogP contribution in [0.2, 0.25) is 5.15 Å². The number of hydrogen-bond donors (Lipinski definition) is 3. The van der Waals surface area contributed by atoms with Crippen LogP contribution in [0.5, 0.6) is 0 Å². The molecule has 6 nitrogen and oxygen atoms in total. The number of nitrogens with zero attached hydrogens (tertiary/aromatic N) is 2. The second kappa shape index (κ2) is 6.31. The third-order valence-corrected chi connectivity index (χ3v) is 2.93. The standard InChI is InChI=1S/C13H14ClN5O/c1-8-3-2-4-16-10(8)7-17-13(20)9-5-11(14)18-12(6-9)19-15/h2-6H,7,15H2,1H3,(H,17,20)(H,18,19). The zero-order valence-electron chi connectivity index (χ0n) is 10.9. The van der Waals surface area contributed by atoms with Crippen molar-refractivity contribution < 1.29 is 4.79 Å². The first kappa shape index (κ1) is 14.2. The fraction of sp³-hybridized carbons (Fsp3) is 0.154. The van der Waals surface area contributed by atoms with E-state index >= 15 is 0 Å². The summed E-state index contributed by atoms with van der Waals surface area (Å²) in [6, 6.07) is 6.78. The summed E-state index contributed by atoms with van der Waals surface area (Å²) >= 11 is 5.82. The molecule has 104 valence electrons. The number of aryl methyl sites for hydroxylation is 1. The number of halogens is 1. The number of carbonyl (C=O) groups excluding carboxylic acids is 1. The van der Waals surface area contributed by atoms with E-state index in [2.05, 4.69) is 20.7 Å². The first-order chi connectivity index (χ1) is 9.60. The van der Waals surface area contributed by atoms with Crippen LogP contribution in [0, 0.1) is 6.92 Å². The van der Waals surface area contributed by atoms with Crippen molar-refractivity contribution in [3.8, 4) is 0 Å². The van der Waals surface area contributed by atoms with Gasteiger partial charge in [0.05, 0.1) is 12.2 Å². The van der Waals surface area contributed by atoms with Crippen LogP contribution in [0.3, 0.4) is 0 Å². The van der Waals surface area contributed by atoms with Gasteiger partial charge in [0.15, 0.2) is 0 Å². The molecule has 2 heterocycles. The Balaban J connectivity index is 2.09. The topological polar surface area (TPSA) is 92.9 Å². The molecule has 0 spiro atoms. The molecule has 0 aliphatic carbocycles. The highest BCUT2D eigenvalue weighted by Crippen LogP contribution is 2.14. The Hall–Kier alpha value is -2.18. The van der Waals surface area contributed by atoms with Crippen LogP contribution in [0.25, 0.3) is 0 Å². The number of carbonyl (C=O) groups is 1. The lowest BCUT2D eigenvalue weighted by Crippen LogP contribution is -2.24. The summed E-state index contributed by atoms with van der Waals surface area (Å²) in [6.07, 6.45) is 1.69. The predicted molar refractivity (Wildman–Crippen MR) is 77.2 cm³/mol.